The largest absolute Gasteiger partial charge is 0.220 e. The number of hydrogen-bond acceptors (Lipinski definition) is 3. The lowest BCUT2D eigenvalue weighted by Gasteiger charge is -1.98. The maximum absolute atomic E-state index is 8.72. The van der Waals surface area contributed by atoms with Gasteiger partial charge in [0.1, 0.15) is 0 Å². The van der Waals surface area contributed by atoms with Gasteiger partial charge in [-0.05, 0) is 37.1 Å². The number of rotatable bonds is 4. The molecule has 2 rings (SSSR count). The lowest BCUT2D eigenvalue weighted by Crippen LogP contribution is -1.94. The molecule has 4 heteroatoms. The van der Waals surface area contributed by atoms with E-state index in [0.717, 1.165) is 30.6 Å². The van der Waals surface area contributed by atoms with Crippen LogP contribution < -0.4 is 0 Å². The highest BCUT2D eigenvalue weighted by molar-refractivity contribution is 5.38. The SMILES string of the molecule is CCCCc1cn(-c2ccc(C#N)cc2)nn1. The van der Waals surface area contributed by atoms with Crippen molar-refractivity contribution in [1.82, 2.24) is 15.0 Å². The van der Waals surface area contributed by atoms with Gasteiger partial charge in [-0.15, -0.1) is 5.10 Å². The van der Waals surface area contributed by atoms with Crippen molar-refractivity contribution < 1.29 is 0 Å². The first-order valence-electron chi connectivity index (χ1n) is 5.75. The lowest BCUT2D eigenvalue weighted by molar-refractivity contribution is 0.761. The van der Waals surface area contributed by atoms with Crippen LogP contribution in [-0.2, 0) is 6.42 Å². The van der Waals surface area contributed by atoms with Gasteiger partial charge in [-0.25, -0.2) is 4.68 Å². The van der Waals surface area contributed by atoms with Crippen LogP contribution in [0.15, 0.2) is 30.5 Å². The average Bonchev–Trinajstić information content (AvgIpc) is 2.85. The molecule has 0 N–H and O–H groups in total. The maximum Gasteiger partial charge on any atom is 0.0991 e. The van der Waals surface area contributed by atoms with Gasteiger partial charge in [0.15, 0.2) is 0 Å². The van der Waals surface area contributed by atoms with Gasteiger partial charge >= 0.3 is 0 Å². The molecular formula is C13H14N4. The normalized spacial score (nSPS) is 10.1. The number of hydrogen-bond donors (Lipinski definition) is 0. The standard InChI is InChI=1S/C13H14N4/c1-2-3-4-12-10-17(16-15-12)13-7-5-11(9-14)6-8-13/h5-8,10H,2-4H2,1H3. The van der Waals surface area contributed by atoms with E-state index in [0.29, 0.717) is 5.56 Å². The number of aryl methyl sites for hydroxylation is 1. The second-order valence-corrected chi connectivity index (χ2v) is 3.92. The summed E-state index contributed by atoms with van der Waals surface area (Å²) in [7, 11) is 0. The van der Waals surface area contributed by atoms with Crippen LogP contribution in [0.4, 0.5) is 0 Å². The zero-order valence-electron chi connectivity index (χ0n) is 9.80. The zero-order valence-corrected chi connectivity index (χ0v) is 9.80. The van der Waals surface area contributed by atoms with Crippen LogP contribution in [0.3, 0.4) is 0 Å². The Morgan fingerprint density at radius 2 is 2.06 bits per heavy atom. The van der Waals surface area contributed by atoms with E-state index in [2.05, 4.69) is 23.3 Å². The van der Waals surface area contributed by atoms with Crippen molar-refractivity contribution in [3.8, 4) is 11.8 Å². The molecule has 1 aromatic carbocycles. The molecule has 0 radical (unpaired) electrons. The van der Waals surface area contributed by atoms with Gasteiger partial charge in [-0.1, -0.05) is 18.6 Å². The van der Waals surface area contributed by atoms with Gasteiger partial charge in [-0.3, -0.25) is 0 Å². The van der Waals surface area contributed by atoms with Crippen molar-refractivity contribution in [3.05, 3.63) is 41.7 Å². The topological polar surface area (TPSA) is 54.5 Å². The zero-order chi connectivity index (χ0) is 12.1. The first-order chi connectivity index (χ1) is 8.33. The Kier molecular flexibility index (Phi) is 3.51. The van der Waals surface area contributed by atoms with E-state index in [1.807, 2.05) is 18.3 Å². The summed E-state index contributed by atoms with van der Waals surface area (Å²) in [5.41, 5.74) is 2.59. The number of benzene rings is 1. The fourth-order valence-electron chi connectivity index (χ4n) is 1.59. The molecular weight excluding hydrogens is 212 g/mol. The quantitative estimate of drug-likeness (QED) is 0.804. The second-order valence-electron chi connectivity index (χ2n) is 3.92. The Labute approximate surface area is 101 Å². The molecule has 17 heavy (non-hydrogen) atoms. The van der Waals surface area contributed by atoms with Gasteiger partial charge in [0.25, 0.3) is 0 Å². The smallest absolute Gasteiger partial charge is 0.0991 e. The Morgan fingerprint density at radius 3 is 2.71 bits per heavy atom. The Morgan fingerprint density at radius 1 is 1.29 bits per heavy atom. The van der Waals surface area contributed by atoms with E-state index in [4.69, 9.17) is 5.26 Å². The molecule has 0 saturated heterocycles. The van der Waals surface area contributed by atoms with Crippen LogP contribution in [0.25, 0.3) is 5.69 Å². The average molecular weight is 226 g/mol. The van der Waals surface area contributed by atoms with E-state index in [1.165, 1.54) is 0 Å². The Bertz CT molecular complexity index is 519. The minimum Gasteiger partial charge on any atom is -0.220 e. The van der Waals surface area contributed by atoms with E-state index in [9.17, 15) is 0 Å². The van der Waals surface area contributed by atoms with Crippen molar-refractivity contribution in [2.75, 3.05) is 0 Å². The van der Waals surface area contributed by atoms with Crippen molar-refractivity contribution in [2.45, 2.75) is 26.2 Å². The minimum atomic E-state index is 0.653. The van der Waals surface area contributed by atoms with E-state index >= 15 is 0 Å². The van der Waals surface area contributed by atoms with E-state index in [1.54, 1.807) is 16.8 Å². The number of aromatic nitrogens is 3. The monoisotopic (exact) mass is 226 g/mol. The molecule has 1 aromatic heterocycles. The van der Waals surface area contributed by atoms with E-state index < -0.39 is 0 Å². The van der Waals surface area contributed by atoms with Crippen molar-refractivity contribution in [1.29, 1.82) is 5.26 Å². The first-order valence-corrected chi connectivity index (χ1v) is 5.75. The summed E-state index contributed by atoms with van der Waals surface area (Å²) in [4.78, 5) is 0. The molecule has 0 aliphatic carbocycles. The van der Waals surface area contributed by atoms with Gasteiger partial charge < -0.3 is 0 Å². The Balaban J connectivity index is 2.16. The van der Waals surface area contributed by atoms with Crippen LogP contribution in [-0.4, -0.2) is 15.0 Å². The van der Waals surface area contributed by atoms with Crippen LogP contribution in [0.5, 0.6) is 0 Å². The molecule has 4 nitrogen and oxygen atoms in total. The van der Waals surface area contributed by atoms with Gasteiger partial charge in [0.05, 0.1) is 29.2 Å². The third-order valence-electron chi connectivity index (χ3n) is 2.59. The highest BCUT2D eigenvalue weighted by Gasteiger charge is 2.02. The van der Waals surface area contributed by atoms with Crippen LogP contribution in [0, 0.1) is 11.3 Å². The summed E-state index contributed by atoms with van der Waals surface area (Å²) in [5, 5.41) is 16.9. The van der Waals surface area contributed by atoms with Crippen LogP contribution >= 0.6 is 0 Å². The third-order valence-corrected chi connectivity index (χ3v) is 2.59. The fraction of sp³-hybridized carbons (Fsp3) is 0.308. The summed E-state index contributed by atoms with van der Waals surface area (Å²) in [6.45, 7) is 2.16. The molecule has 0 aliphatic heterocycles. The highest BCUT2D eigenvalue weighted by Crippen LogP contribution is 2.09. The molecule has 86 valence electrons. The van der Waals surface area contributed by atoms with Crippen molar-refractivity contribution >= 4 is 0 Å². The van der Waals surface area contributed by atoms with Gasteiger partial charge in [-0.2, -0.15) is 5.26 Å². The van der Waals surface area contributed by atoms with Crippen LogP contribution in [0.2, 0.25) is 0 Å². The highest BCUT2D eigenvalue weighted by atomic mass is 15.4. The minimum absolute atomic E-state index is 0.653. The van der Waals surface area contributed by atoms with Gasteiger partial charge in [0.2, 0.25) is 0 Å². The third kappa shape index (κ3) is 2.70. The molecule has 0 aliphatic rings. The molecule has 0 atom stereocenters. The molecule has 2 aromatic rings. The number of nitriles is 1. The Hall–Kier alpha value is -2.15. The molecule has 0 unspecified atom stereocenters. The molecule has 0 fully saturated rings. The van der Waals surface area contributed by atoms with Crippen molar-refractivity contribution in [2.24, 2.45) is 0 Å². The maximum atomic E-state index is 8.72. The number of unbranched alkanes of at least 4 members (excludes halogenated alkanes) is 1. The van der Waals surface area contributed by atoms with Gasteiger partial charge in [0, 0.05) is 0 Å². The molecule has 0 saturated carbocycles. The van der Waals surface area contributed by atoms with E-state index in [-0.39, 0.29) is 0 Å². The molecule has 0 amide bonds. The summed E-state index contributed by atoms with van der Waals surface area (Å²) in [6, 6.07) is 9.40. The van der Waals surface area contributed by atoms with Crippen molar-refractivity contribution in [3.63, 3.8) is 0 Å². The predicted octanol–water partition coefficient (Wildman–Crippen LogP) is 2.48. The number of nitrogens with zero attached hydrogens (tertiary/aromatic N) is 4. The summed E-state index contributed by atoms with van der Waals surface area (Å²) < 4.78 is 1.74. The first kappa shape index (κ1) is 11.3. The second kappa shape index (κ2) is 5.26. The lowest BCUT2D eigenvalue weighted by atomic mass is 10.2. The summed E-state index contributed by atoms with van der Waals surface area (Å²) >= 11 is 0. The molecule has 1 heterocycles. The summed E-state index contributed by atoms with van der Waals surface area (Å²) in [6.07, 6.45) is 5.19. The predicted molar refractivity (Wildman–Crippen MR) is 64.7 cm³/mol. The molecule has 0 bridgehead atoms. The molecule has 0 spiro atoms. The van der Waals surface area contributed by atoms with Crippen LogP contribution in [0.1, 0.15) is 31.0 Å². The summed E-state index contributed by atoms with van der Waals surface area (Å²) in [5.74, 6) is 0. The fourth-order valence-corrected chi connectivity index (χ4v) is 1.59.